The SMILES string of the molecule is CC(C)n1c(=O)n(Cc2ncc3ccccc3c2Br)c2cnccc21. The molecule has 0 aliphatic heterocycles. The Morgan fingerprint density at radius 1 is 1.12 bits per heavy atom. The van der Waals surface area contributed by atoms with Crippen LogP contribution in [0.4, 0.5) is 0 Å². The van der Waals surface area contributed by atoms with Gasteiger partial charge in [-0.3, -0.25) is 19.1 Å². The summed E-state index contributed by atoms with van der Waals surface area (Å²) in [6.45, 7) is 4.41. The molecule has 126 valence electrons. The van der Waals surface area contributed by atoms with Crippen LogP contribution in [0.5, 0.6) is 0 Å². The molecule has 25 heavy (non-hydrogen) atoms. The summed E-state index contributed by atoms with van der Waals surface area (Å²) in [5.74, 6) is 0. The molecule has 0 fully saturated rings. The van der Waals surface area contributed by atoms with Crippen LogP contribution in [0.1, 0.15) is 25.6 Å². The summed E-state index contributed by atoms with van der Waals surface area (Å²) < 4.78 is 4.46. The molecule has 0 saturated carbocycles. The van der Waals surface area contributed by atoms with E-state index in [0.29, 0.717) is 6.54 Å². The molecule has 0 aliphatic rings. The molecule has 4 aromatic rings. The maximum Gasteiger partial charge on any atom is 0.329 e. The Kier molecular flexibility index (Phi) is 3.92. The number of hydrogen-bond donors (Lipinski definition) is 0. The smallest absolute Gasteiger partial charge is 0.289 e. The summed E-state index contributed by atoms with van der Waals surface area (Å²) in [7, 11) is 0. The summed E-state index contributed by atoms with van der Waals surface area (Å²) in [5, 5.41) is 2.16. The van der Waals surface area contributed by atoms with E-state index in [0.717, 1.165) is 32.0 Å². The standard InChI is InChI=1S/C19H17BrN4O/c1-12(2)24-16-7-8-21-10-17(16)23(19(24)25)11-15-18(20)14-6-4-3-5-13(14)9-22-15/h3-10,12H,11H2,1-2H3. The van der Waals surface area contributed by atoms with Crippen molar-refractivity contribution in [1.29, 1.82) is 0 Å². The normalized spacial score (nSPS) is 11.7. The Bertz CT molecular complexity index is 1140. The molecule has 0 atom stereocenters. The molecule has 5 nitrogen and oxygen atoms in total. The van der Waals surface area contributed by atoms with Gasteiger partial charge in [-0.15, -0.1) is 0 Å². The van der Waals surface area contributed by atoms with Crippen LogP contribution in [-0.2, 0) is 6.54 Å². The van der Waals surface area contributed by atoms with Gasteiger partial charge in [0.15, 0.2) is 0 Å². The first-order valence-electron chi connectivity index (χ1n) is 8.15. The van der Waals surface area contributed by atoms with Gasteiger partial charge in [-0.1, -0.05) is 24.3 Å². The van der Waals surface area contributed by atoms with Gasteiger partial charge < -0.3 is 0 Å². The lowest BCUT2D eigenvalue weighted by Gasteiger charge is -2.08. The molecule has 0 aliphatic carbocycles. The van der Waals surface area contributed by atoms with E-state index in [1.54, 1.807) is 21.5 Å². The van der Waals surface area contributed by atoms with E-state index in [-0.39, 0.29) is 11.7 Å². The van der Waals surface area contributed by atoms with Gasteiger partial charge in [0.2, 0.25) is 0 Å². The van der Waals surface area contributed by atoms with Crippen LogP contribution < -0.4 is 5.69 Å². The number of imidazole rings is 1. The van der Waals surface area contributed by atoms with Crippen molar-refractivity contribution in [2.75, 3.05) is 0 Å². The first kappa shape index (κ1) is 16.0. The van der Waals surface area contributed by atoms with Crippen LogP contribution >= 0.6 is 15.9 Å². The summed E-state index contributed by atoms with van der Waals surface area (Å²) in [5.41, 5.74) is 2.50. The summed E-state index contributed by atoms with van der Waals surface area (Å²) in [4.78, 5) is 21.7. The number of rotatable bonds is 3. The van der Waals surface area contributed by atoms with Crippen molar-refractivity contribution < 1.29 is 0 Å². The molecule has 0 saturated heterocycles. The molecular formula is C19H17BrN4O. The average molecular weight is 397 g/mol. The van der Waals surface area contributed by atoms with Crippen molar-refractivity contribution >= 4 is 37.7 Å². The van der Waals surface area contributed by atoms with Crippen molar-refractivity contribution in [3.05, 3.63) is 69.6 Å². The lowest BCUT2D eigenvalue weighted by atomic mass is 10.1. The number of halogens is 1. The Morgan fingerprint density at radius 3 is 2.72 bits per heavy atom. The van der Waals surface area contributed by atoms with Crippen LogP contribution in [0.3, 0.4) is 0 Å². The fraction of sp³-hybridized carbons (Fsp3) is 0.211. The van der Waals surface area contributed by atoms with E-state index >= 15 is 0 Å². The fourth-order valence-electron chi connectivity index (χ4n) is 3.21. The molecule has 0 bridgehead atoms. The highest BCUT2D eigenvalue weighted by Crippen LogP contribution is 2.27. The quantitative estimate of drug-likeness (QED) is 0.522. The Morgan fingerprint density at radius 2 is 1.92 bits per heavy atom. The van der Waals surface area contributed by atoms with Crippen LogP contribution in [0.25, 0.3) is 21.8 Å². The Hall–Kier alpha value is -2.47. The number of fused-ring (bicyclic) bond motifs is 2. The zero-order valence-electron chi connectivity index (χ0n) is 14.0. The Balaban J connectivity index is 1.91. The molecular weight excluding hydrogens is 380 g/mol. The van der Waals surface area contributed by atoms with Gasteiger partial charge in [-0.2, -0.15) is 0 Å². The van der Waals surface area contributed by atoms with Gasteiger partial charge in [-0.05, 0) is 41.2 Å². The number of nitrogens with zero attached hydrogens (tertiary/aromatic N) is 4. The lowest BCUT2D eigenvalue weighted by Crippen LogP contribution is -2.26. The molecule has 0 N–H and O–H groups in total. The maximum absolute atomic E-state index is 13.0. The second-order valence-corrected chi connectivity index (χ2v) is 7.10. The van der Waals surface area contributed by atoms with Gasteiger partial charge in [0.05, 0.1) is 29.5 Å². The third kappa shape index (κ3) is 2.57. The fourth-order valence-corrected chi connectivity index (χ4v) is 3.80. The molecule has 0 amide bonds. The van der Waals surface area contributed by atoms with E-state index in [9.17, 15) is 4.79 Å². The van der Waals surface area contributed by atoms with E-state index in [1.807, 2.05) is 50.4 Å². The van der Waals surface area contributed by atoms with Gasteiger partial charge in [0.25, 0.3) is 0 Å². The van der Waals surface area contributed by atoms with Crippen molar-refractivity contribution in [2.45, 2.75) is 26.4 Å². The van der Waals surface area contributed by atoms with E-state index in [1.165, 1.54) is 0 Å². The first-order valence-corrected chi connectivity index (χ1v) is 8.94. The van der Waals surface area contributed by atoms with Crippen molar-refractivity contribution in [3.8, 4) is 0 Å². The van der Waals surface area contributed by atoms with Crippen LogP contribution in [0.15, 0.2) is 58.2 Å². The number of pyridine rings is 2. The summed E-state index contributed by atoms with van der Waals surface area (Å²) >= 11 is 3.66. The molecule has 0 radical (unpaired) electrons. The van der Waals surface area contributed by atoms with Gasteiger partial charge in [0.1, 0.15) is 0 Å². The zero-order valence-corrected chi connectivity index (χ0v) is 15.6. The number of aromatic nitrogens is 4. The average Bonchev–Trinajstić information content (AvgIpc) is 2.89. The third-order valence-electron chi connectivity index (χ3n) is 4.40. The maximum atomic E-state index is 13.0. The molecule has 6 heteroatoms. The predicted molar refractivity (Wildman–Crippen MR) is 103 cm³/mol. The van der Waals surface area contributed by atoms with Crippen LogP contribution in [0.2, 0.25) is 0 Å². The largest absolute Gasteiger partial charge is 0.329 e. The highest BCUT2D eigenvalue weighted by Gasteiger charge is 2.17. The Labute approximate surface area is 153 Å². The van der Waals surface area contributed by atoms with Gasteiger partial charge >= 0.3 is 5.69 Å². The summed E-state index contributed by atoms with van der Waals surface area (Å²) in [6.07, 6.45) is 5.31. The highest BCUT2D eigenvalue weighted by molar-refractivity contribution is 9.10. The van der Waals surface area contributed by atoms with Crippen LogP contribution in [-0.4, -0.2) is 19.1 Å². The summed E-state index contributed by atoms with van der Waals surface area (Å²) in [6, 6.07) is 10.0. The van der Waals surface area contributed by atoms with Gasteiger partial charge in [0, 0.05) is 28.3 Å². The second kappa shape index (κ2) is 6.11. The number of hydrogen-bond acceptors (Lipinski definition) is 3. The highest BCUT2D eigenvalue weighted by atomic mass is 79.9. The molecule has 0 unspecified atom stereocenters. The van der Waals surface area contributed by atoms with E-state index in [4.69, 9.17) is 0 Å². The minimum absolute atomic E-state index is 0.0418. The molecule has 0 spiro atoms. The molecule has 1 aromatic carbocycles. The molecule has 3 heterocycles. The minimum atomic E-state index is -0.0418. The zero-order chi connectivity index (χ0) is 17.6. The molecule has 4 rings (SSSR count). The van der Waals surface area contributed by atoms with E-state index in [2.05, 4.69) is 25.9 Å². The lowest BCUT2D eigenvalue weighted by molar-refractivity contribution is 0.574. The predicted octanol–water partition coefficient (Wildman–Crippen LogP) is 4.14. The first-order chi connectivity index (χ1) is 12.1. The van der Waals surface area contributed by atoms with E-state index < -0.39 is 0 Å². The van der Waals surface area contributed by atoms with Crippen molar-refractivity contribution in [3.63, 3.8) is 0 Å². The topological polar surface area (TPSA) is 52.7 Å². The monoisotopic (exact) mass is 396 g/mol. The van der Waals surface area contributed by atoms with Crippen molar-refractivity contribution in [1.82, 2.24) is 19.1 Å². The minimum Gasteiger partial charge on any atom is -0.289 e. The number of benzene rings is 1. The van der Waals surface area contributed by atoms with Crippen LogP contribution in [0, 0.1) is 0 Å². The second-order valence-electron chi connectivity index (χ2n) is 6.30. The van der Waals surface area contributed by atoms with Gasteiger partial charge in [-0.25, -0.2) is 4.79 Å². The molecule has 3 aromatic heterocycles. The third-order valence-corrected chi connectivity index (χ3v) is 5.28. The van der Waals surface area contributed by atoms with Crippen molar-refractivity contribution in [2.24, 2.45) is 0 Å².